The normalized spacial score (nSPS) is 15.6. The molecule has 1 aliphatic rings. The Hall–Kier alpha value is -1.85. The zero-order valence-electron chi connectivity index (χ0n) is 19.1. The number of rotatable bonds is 11. The highest BCUT2D eigenvalue weighted by Crippen LogP contribution is 2.24. The number of pyridine rings is 1. The largest absolute Gasteiger partial charge is 0.475 e. The van der Waals surface area contributed by atoms with E-state index in [-0.39, 0.29) is 30.0 Å². The minimum Gasteiger partial charge on any atom is -0.475 e. The van der Waals surface area contributed by atoms with Crippen LogP contribution in [0.25, 0.3) is 0 Å². The van der Waals surface area contributed by atoms with Gasteiger partial charge in [0.05, 0.1) is 25.5 Å². The summed E-state index contributed by atoms with van der Waals surface area (Å²) in [5.41, 5.74) is 0.939. The number of likely N-dealkylation sites (tertiary alicyclic amines) is 1. The molecule has 2 N–H and O–H groups in total. The van der Waals surface area contributed by atoms with Crippen LogP contribution in [0.4, 0.5) is 0 Å². The summed E-state index contributed by atoms with van der Waals surface area (Å²) in [6.45, 7) is 7.22. The minimum absolute atomic E-state index is 0. The molecule has 0 amide bonds. The first-order valence-corrected chi connectivity index (χ1v) is 11.2. The molecule has 1 fully saturated rings. The number of halogens is 1. The van der Waals surface area contributed by atoms with Crippen LogP contribution in [0.1, 0.15) is 43.6 Å². The van der Waals surface area contributed by atoms with E-state index in [2.05, 4.69) is 33.5 Å². The summed E-state index contributed by atoms with van der Waals surface area (Å²) in [7, 11) is 1.65. The molecule has 9 heteroatoms. The molecular formula is C23H36IN5O3. The number of aliphatic imine (C=N–C) groups is 1. The molecule has 0 bridgehead atoms. The molecule has 178 valence electrons. The molecule has 0 radical (unpaired) electrons. The zero-order valence-corrected chi connectivity index (χ0v) is 21.4. The lowest BCUT2D eigenvalue weighted by Gasteiger charge is -2.33. The highest BCUT2D eigenvalue weighted by molar-refractivity contribution is 14.0. The predicted octanol–water partition coefficient (Wildman–Crippen LogP) is 3.60. The molecule has 3 rings (SSSR count). The number of furan rings is 1. The molecule has 1 unspecified atom stereocenters. The molecule has 0 aromatic carbocycles. The van der Waals surface area contributed by atoms with Crippen LogP contribution >= 0.6 is 24.0 Å². The van der Waals surface area contributed by atoms with Crippen molar-refractivity contribution in [2.75, 3.05) is 46.5 Å². The van der Waals surface area contributed by atoms with Gasteiger partial charge in [-0.1, -0.05) is 12.5 Å². The number of aromatic nitrogens is 1. The number of methoxy groups -OCH3 is 1. The Kier molecular flexibility index (Phi) is 12.4. The quantitative estimate of drug-likeness (QED) is 0.189. The lowest BCUT2D eigenvalue weighted by atomic mass is 10.1. The molecule has 1 atom stereocenters. The first-order chi connectivity index (χ1) is 15.3. The van der Waals surface area contributed by atoms with Crippen molar-refractivity contribution in [1.82, 2.24) is 20.5 Å². The molecule has 32 heavy (non-hydrogen) atoms. The van der Waals surface area contributed by atoms with Crippen molar-refractivity contribution in [3.8, 4) is 5.88 Å². The third-order valence-electron chi connectivity index (χ3n) is 5.29. The Morgan fingerprint density at radius 1 is 1.19 bits per heavy atom. The number of nitrogens with one attached hydrogen (secondary N) is 2. The van der Waals surface area contributed by atoms with E-state index in [0.29, 0.717) is 25.6 Å². The topological polar surface area (TPSA) is 84.2 Å². The number of ether oxygens (including phenoxy) is 2. The summed E-state index contributed by atoms with van der Waals surface area (Å²) in [6.07, 6.45) is 7.25. The van der Waals surface area contributed by atoms with Crippen molar-refractivity contribution in [2.24, 2.45) is 4.99 Å². The average molecular weight is 557 g/mol. The Morgan fingerprint density at radius 3 is 2.75 bits per heavy atom. The van der Waals surface area contributed by atoms with Crippen LogP contribution in [-0.4, -0.2) is 62.3 Å². The SMILES string of the molecule is CCNC(=NCc1cccnc1OCCOC)NCC(c1ccco1)N1CCCCC1.I. The fourth-order valence-corrected chi connectivity index (χ4v) is 3.72. The van der Waals surface area contributed by atoms with Gasteiger partial charge < -0.3 is 24.5 Å². The molecule has 2 aromatic rings. The van der Waals surface area contributed by atoms with E-state index in [0.717, 1.165) is 43.5 Å². The Balaban J connectivity index is 0.00000363. The van der Waals surface area contributed by atoms with Gasteiger partial charge in [0.25, 0.3) is 0 Å². The van der Waals surface area contributed by atoms with Gasteiger partial charge in [0.1, 0.15) is 12.4 Å². The zero-order chi connectivity index (χ0) is 21.7. The third kappa shape index (κ3) is 8.25. The number of nitrogens with zero attached hydrogens (tertiary/aromatic N) is 3. The highest BCUT2D eigenvalue weighted by Gasteiger charge is 2.24. The number of hydrogen-bond acceptors (Lipinski definition) is 6. The standard InChI is InChI=1S/C23H35N5O3.HI/c1-3-24-23(26-17-19-9-7-11-25-22(19)31-16-15-29-2)27-18-20(21-10-8-14-30-21)28-12-5-4-6-13-28;/h7-11,14,20H,3-6,12-13,15-18H2,1-2H3,(H2,24,26,27);1H. The van der Waals surface area contributed by atoms with Gasteiger partial charge >= 0.3 is 0 Å². The van der Waals surface area contributed by atoms with E-state index in [4.69, 9.17) is 18.9 Å². The maximum atomic E-state index is 5.76. The van der Waals surface area contributed by atoms with Gasteiger partial charge in [-0.05, 0) is 51.1 Å². The number of guanidine groups is 1. The molecule has 1 saturated heterocycles. The molecular weight excluding hydrogens is 521 g/mol. The van der Waals surface area contributed by atoms with E-state index in [9.17, 15) is 0 Å². The van der Waals surface area contributed by atoms with Crippen LogP contribution in [0.3, 0.4) is 0 Å². The van der Waals surface area contributed by atoms with Crippen LogP contribution in [0, 0.1) is 0 Å². The molecule has 2 aromatic heterocycles. The van der Waals surface area contributed by atoms with Gasteiger partial charge in [-0.25, -0.2) is 9.98 Å². The fourth-order valence-electron chi connectivity index (χ4n) is 3.72. The molecule has 1 aliphatic heterocycles. The van der Waals surface area contributed by atoms with E-state index in [1.807, 2.05) is 18.2 Å². The van der Waals surface area contributed by atoms with Crippen molar-refractivity contribution < 1.29 is 13.9 Å². The predicted molar refractivity (Wildman–Crippen MR) is 137 cm³/mol. The van der Waals surface area contributed by atoms with E-state index in [1.165, 1.54) is 19.3 Å². The number of piperidine rings is 1. The van der Waals surface area contributed by atoms with Crippen molar-refractivity contribution in [3.05, 3.63) is 48.0 Å². The van der Waals surface area contributed by atoms with Crippen molar-refractivity contribution in [3.63, 3.8) is 0 Å². The Bertz CT molecular complexity index is 782. The van der Waals surface area contributed by atoms with Gasteiger partial charge in [0.2, 0.25) is 5.88 Å². The first kappa shape index (κ1) is 26.4. The van der Waals surface area contributed by atoms with Gasteiger partial charge in [-0.2, -0.15) is 0 Å². The van der Waals surface area contributed by atoms with Gasteiger partial charge in [-0.15, -0.1) is 24.0 Å². The van der Waals surface area contributed by atoms with Crippen LogP contribution in [0.15, 0.2) is 46.1 Å². The minimum atomic E-state index is 0. The molecule has 0 aliphatic carbocycles. The molecule has 0 saturated carbocycles. The Morgan fingerprint density at radius 2 is 2.03 bits per heavy atom. The summed E-state index contributed by atoms with van der Waals surface area (Å²) in [4.78, 5) is 11.6. The van der Waals surface area contributed by atoms with Crippen LogP contribution in [-0.2, 0) is 11.3 Å². The number of hydrogen-bond donors (Lipinski definition) is 2. The van der Waals surface area contributed by atoms with Crippen LogP contribution in [0.5, 0.6) is 5.88 Å². The van der Waals surface area contributed by atoms with Crippen molar-refractivity contribution >= 4 is 29.9 Å². The van der Waals surface area contributed by atoms with Gasteiger partial charge in [0.15, 0.2) is 5.96 Å². The third-order valence-corrected chi connectivity index (χ3v) is 5.29. The summed E-state index contributed by atoms with van der Waals surface area (Å²) in [5.74, 6) is 2.36. The molecule has 3 heterocycles. The van der Waals surface area contributed by atoms with Crippen molar-refractivity contribution in [1.29, 1.82) is 0 Å². The smallest absolute Gasteiger partial charge is 0.218 e. The maximum Gasteiger partial charge on any atom is 0.218 e. The van der Waals surface area contributed by atoms with Gasteiger partial charge in [0, 0.05) is 32.0 Å². The second-order valence-corrected chi connectivity index (χ2v) is 7.51. The average Bonchev–Trinajstić information content (AvgIpc) is 3.34. The van der Waals surface area contributed by atoms with E-state index in [1.54, 1.807) is 19.6 Å². The lowest BCUT2D eigenvalue weighted by molar-refractivity contribution is 0.143. The van der Waals surface area contributed by atoms with Gasteiger partial charge in [-0.3, -0.25) is 4.90 Å². The summed E-state index contributed by atoms with van der Waals surface area (Å²) < 4.78 is 16.5. The molecule has 0 spiro atoms. The highest BCUT2D eigenvalue weighted by atomic mass is 127. The summed E-state index contributed by atoms with van der Waals surface area (Å²) >= 11 is 0. The molecule has 8 nitrogen and oxygen atoms in total. The first-order valence-electron chi connectivity index (χ1n) is 11.2. The monoisotopic (exact) mass is 557 g/mol. The fraction of sp³-hybridized carbons (Fsp3) is 0.565. The summed E-state index contributed by atoms with van der Waals surface area (Å²) in [6, 6.07) is 8.09. The lowest BCUT2D eigenvalue weighted by Crippen LogP contribution is -2.44. The van der Waals surface area contributed by atoms with Crippen LogP contribution in [0.2, 0.25) is 0 Å². The maximum absolute atomic E-state index is 5.76. The van der Waals surface area contributed by atoms with E-state index < -0.39 is 0 Å². The second-order valence-electron chi connectivity index (χ2n) is 7.51. The Labute approximate surface area is 208 Å². The van der Waals surface area contributed by atoms with Crippen molar-refractivity contribution in [2.45, 2.75) is 38.8 Å². The summed E-state index contributed by atoms with van der Waals surface area (Å²) in [5, 5.41) is 6.84. The van der Waals surface area contributed by atoms with Crippen LogP contribution < -0.4 is 15.4 Å². The van der Waals surface area contributed by atoms with E-state index >= 15 is 0 Å². The second kappa shape index (κ2) is 15.1.